The Hall–Kier alpha value is -1.62. The Kier molecular flexibility index (Phi) is 4.10. The standard InChI is InChI=1S/C16H25N5/c1-12-10-16(20(3)18-12)15(17-2)11-13-8-9-21(19-13)14-6-4-5-7-14/h8-10,14-15,17H,4-7,11H2,1-3H3. The van der Waals surface area contributed by atoms with Gasteiger partial charge in [-0.3, -0.25) is 9.36 Å². The number of aryl methyl sites for hydroxylation is 2. The smallest absolute Gasteiger partial charge is 0.0644 e. The van der Waals surface area contributed by atoms with E-state index in [0.717, 1.165) is 17.8 Å². The van der Waals surface area contributed by atoms with E-state index >= 15 is 0 Å². The first-order valence-corrected chi connectivity index (χ1v) is 7.89. The van der Waals surface area contributed by atoms with Crippen molar-refractivity contribution >= 4 is 0 Å². The highest BCUT2D eigenvalue weighted by molar-refractivity contribution is 5.16. The van der Waals surface area contributed by atoms with Crippen LogP contribution in [-0.4, -0.2) is 26.6 Å². The number of hydrogen-bond acceptors (Lipinski definition) is 3. The summed E-state index contributed by atoms with van der Waals surface area (Å²) >= 11 is 0. The molecule has 1 aliphatic carbocycles. The fraction of sp³-hybridized carbons (Fsp3) is 0.625. The molecule has 0 bridgehead atoms. The molecule has 0 aromatic carbocycles. The molecule has 114 valence electrons. The molecule has 3 rings (SSSR count). The van der Waals surface area contributed by atoms with Crippen LogP contribution in [0.2, 0.25) is 0 Å². The number of nitrogens with one attached hydrogen (secondary N) is 1. The number of nitrogens with zero attached hydrogens (tertiary/aromatic N) is 4. The molecular formula is C16H25N5. The van der Waals surface area contributed by atoms with Crippen molar-refractivity contribution in [2.45, 2.75) is 51.1 Å². The highest BCUT2D eigenvalue weighted by atomic mass is 15.3. The lowest BCUT2D eigenvalue weighted by molar-refractivity contribution is 0.457. The number of hydrogen-bond donors (Lipinski definition) is 1. The molecule has 2 heterocycles. The van der Waals surface area contributed by atoms with Crippen molar-refractivity contribution in [1.82, 2.24) is 24.9 Å². The molecule has 5 heteroatoms. The molecule has 0 radical (unpaired) electrons. The third-order valence-corrected chi connectivity index (χ3v) is 4.52. The molecular weight excluding hydrogens is 262 g/mol. The first-order chi connectivity index (χ1) is 10.2. The Morgan fingerprint density at radius 3 is 2.71 bits per heavy atom. The van der Waals surface area contributed by atoms with E-state index in [9.17, 15) is 0 Å². The molecule has 1 atom stereocenters. The second kappa shape index (κ2) is 6.02. The Balaban J connectivity index is 1.73. The first kappa shape index (κ1) is 14.3. The highest BCUT2D eigenvalue weighted by Gasteiger charge is 2.20. The maximum absolute atomic E-state index is 4.79. The van der Waals surface area contributed by atoms with Gasteiger partial charge in [-0.15, -0.1) is 0 Å². The van der Waals surface area contributed by atoms with Crippen molar-refractivity contribution in [2.24, 2.45) is 7.05 Å². The molecule has 1 saturated carbocycles. The van der Waals surface area contributed by atoms with E-state index in [1.807, 2.05) is 25.7 Å². The zero-order valence-corrected chi connectivity index (χ0v) is 13.2. The van der Waals surface area contributed by atoms with Crippen molar-refractivity contribution in [3.05, 3.63) is 35.4 Å². The van der Waals surface area contributed by atoms with Crippen LogP contribution in [0, 0.1) is 6.92 Å². The van der Waals surface area contributed by atoms with Gasteiger partial charge >= 0.3 is 0 Å². The van der Waals surface area contributed by atoms with E-state index < -0.39 is 0 Å². The highest BCUT2D eigenvalue weighted by Crippen LogP contribution is 2.29. The topological polar surface area (TPSA) is 47.7 Å². The summed E-state index contributed by atoms with van der Waals surface area (Å²) in [4.78, 5) is 0. The third kappa shape index (κ3) is 3.02. The monoisotopic (exact) mass is 287 g/mol. The van der Waals surface area contributed by atoms with E-state index in [0.29, 0.717) is 6.04 Å². The van der Waals surface area contributed by atoms with E-state index in [1.165, 1.54) is 31.4 Å². The van der Waals surface area contributed by atoms with E-state index in [2.05, 4.69) is 33.4 Å². The number of rotatable bonds is 5. The SMILES string of the molecule is CNC(Cc1ccn(C2CCCC2)n1)c1cc(C)nn1C. The van der Waals surface area contributed by atoms with Crippen LogP contribution >= 0.6 is 0 Å². The van der Waals surface area contributed by atoms with Gasteiger partial charge in [0.25, 0.3) is 0 Å². The van der Waals surface area contributed by atoms with E-state index in [1.54, 1.807) is 0 Å². The lowest BCUT2D eigenvalue weighted by Gasteiger charge is -2.15. The molecule has 2 aromatic heterocycles. The molecule has 1 fully saturated rings. The van der Waals surface area contributed by atoms with Crippen LogP contribution in [0.25, 0.3) is 0 Å². The fourth-order valence-electron chi connectivity index (χ4n) is 3.38. The van der Waals surface area contributed by atoms with Gasteiger partial charge in [-0.05, 0) is 38.9 Å². The Morgan fingerprint density at radius 1 is 1.33 bits per heavy atom. The Morgan fingerprint density at radius 2 is 2.10 bits per heavy atom. The molecule has 2 aromatic rings. The minimum atomic E-state index is 0.253. The van der Waals surface area contributed by atoms with E-state index in [4.69, 9.17) is 5.10 Å². The van der Waals surface area contributed by atoms with Gasteiger partial charge in [-0.25, -0.2) is 0 Å². The van der Waals surface area contributed by atoms with Crippen molar-refractivity contribution in [2.75, 3.05) is 7.05 Å². The molecule has 0 amide bonds. The third-order valence-electron chi connectivity index (χ3n) is 4.52. The van der Waals surface area contributed by atoms with Crippen LogP contribution in [0.5, 0.6) is 0 Å². The van der Waals surface area contributed by atoms with Crippen LogP contribution in [0.4, 0.5) is 0 Å². The quantitative estimate of drug-likeness (QED) is 0.919. The lowest BCUT2D eigenvalue weighted by Crippen LogP contribution is -2.22. The van der Waals surface area contributed by atoms with Crippen LogP contribution in [0.15, 0.2) is 18.3 Å². The zero-order chi connectivity index (χ0) is 14.8. The van der Waals surface area contributed by atoms with Crippen LogP contribution < -0.4 is 5.32 Å². The van der Waals surface area contributed by atoms with E-state index in [-0.39, 0.29) is 6.04 Å². The molecule has 0 saturated heterocycles. The normalized spacial score (nSPS) is 17.5. The van der Waals surface area contributed by atoms with Crippen LogP contribution in [0.1, 0.15) is 54.8 Å². The predicted octanol–water partition coefficient (Wildman–Crippen LogP) is 2.54. The summed E-state index contributed by atoms with van der Waals surface area (Å²) in [7, 11) is 4.00. The van der Waals surface area contributed by atoms with Gasteiger partial charge in [0, 0.05) is 19.7 Å². The first-order valence-electron chi connectivity index (χ1n) is 7.89. The van der Waals surface area contributed by atoms with Crippen molar-refractivity contribution in [3.8, 4) is 0 Å². The average molecular weight is 287 g/mol. The summed E-state index contributed by atoms with van der Waals surface area (Å²) < 4.78 is 4.13. The maximum atomic E-state index is 4.79. The Labute approximate surface area is 126 Å². The lowest BCUT2D eigenvalue weighted by atomic mass is 10.1. The second-order valence-electron chi connectivity index (χ2n) is 6.10. The fourth-order valence-corrected chi connectivity index (χ4v) is 3.38. The minimum Gasteiger partial charge on any atom is -0.311 e. The van der Waals surface area contributed by atoms with Gasteiger partial charge in [-0.2, -0.15) is 10.2 Å². The van der Waals surface area contributed by atoms with Crippen molar-refractivity contribution < 1.29 is 0 Å². The summed E-state index contributed by atoms with van der Waals surface area (Å²) in [6, 6.07) is 5.18. The summed E-state index contributed by atoms with van der Waals surface area (Å²) in [5, 5.41) is 12.6. The number of aromatic nitrogens is 4. The molecule has 1 unspecified atom stereocenters. The van der Waals surface area contributed by atoms with Gasteiger partial charge in [0.1, 0.15) is 0 Å². The minimum absolute atomic E-state index is 0.253. The molecule has 21 heavy (non-hydrogen) atoms. The summed E-state index contributed by atoms with van der Waals surface area (Å²) in [6.45, 7) is 2.03. The maximum Gasteiger partial charge on any atom is 0.0644 e. The van der Waals surface area contributed by atoms with Gasteiger partial charge in [0.15, 0.2) is 0 Å². The zero-order valence-electron chi connectivity index (χ0n) is 13.2. The summed E-state index contributed by atoms with van der Waals surface area (Å²) in [5.41, 5.74) is 3.43. The Bertz CT molecular complexity index is 592. The largest absolute Gasteiger partial charge is 0.311 e. The van der Waals surface area contributed by atoms with Gasteiger partial charge in [0.05, 0.1) is 29.2 Å². The molecule has 0 aliphatic heterocycles. The predicted molar refractivity (Wildman–Crippen MR) is 83.2 cm³/mol. The summed E-state index contributed by atoms with van der Waals surface area (Å²) in [6.07, 6.45) is 8.28. The van der Waals surface area contributed by atoms with Gasteiger partial charge < -0.3 is 5.32 Å². The van der Waals surface area contributed by atoms with Crippen molar-refractivity contribution in [1.29, 1.82) is 0 Å². The second-order valence-corrected chi connectivity index (χ2v) is 6.10. The van der Waals surface area contributed by atoms with Crippen LogP contribution in [-0.2, 0) is 13.5 Å². The molecule has 0 spiro atoms. The van der Waals surface area contributed by atoms with Gasteiger partial charge in [0.2, 0.25) is 0 Å². The molecule has 1 N–H and O–H groups in total. The average Bonchev–Trinajstić information content (AvgIpc) is 3.16. The molecule has 1 aliphatic rings. The molecule has 5 nitrogen and oxygen atoms in total. The van der Waals surface area contributed by atoms with Crippen LogP contribution in [0.3, 0.4) is 0 Å². The van der Waals surface area contributed by atoms with Crippen molar-refractivity contribution in [3.63, 3.8) is 0 Å². The summed E-state index contributed by atoms with van der Waals surface area (Å²) in [5.74, 6) is 0. The number of likely N-dealkylation sites (N-methyl/N-ethyl adjacent to an activating group) is 1. The van der Waals surface area contributed by atoms with Gasteiger partial charge in [-0.1, -0.05) is 12.8 Å².